The molecule has 0 bridgehead atoms. The minimum atomic E-state index is -3.79. The Kier molecular flexibility index (Phi) is 5.36. The van der Waals surface area contributed by atoms with Crippen LogP contribution < -0.4 is 9.62 Å². The zero-order valence-corrected chi connectivity index (χ0v) is 21.1. The number of hydrogen-bond donors (Lipinski definition) is 1. The monoisotopic (exact) mass is 516 g/mol. The van der Waals surface area contributed by atoms with E-state index in [1.165, 1.54) is 18.5 Å². The molecule has 1 unspecified atom stereocenters. The molecule has 1 atom stereocenters. The minimum Gasteiger partial charge on any atom is -0.295 e. The number of amides is 1. The molecule has 1 fully saturated rings. The first-order chi connectivity index (χ1) is 17.7. The van der Waals surface area contributed by atoms with Gasteiger partial charge >= 0.3 is 0 Å². The Morgan fingerprint density at radius 1 is 1.24 bits per heavy atom. The number of anilines is 1. The molecule has 6 rings (SSSR count). The van der Waals surface area contributed by atoms with Crippen molar-refractivity contribution in [2.75, 3.05) is 11.4 Å². The van der Waals surface area contributed by atoms with Crippen molar-refractivity contribution in [2.24, 2.45) is 12.0 Å². The summed E-state index contributed by atoms with van der Waals surface area (Å²) in [6, 6.07) is 6.00. The molecule has 11 nitrogen and oxygen atoms in total. The lowest BCUT2D eigenvalue weighted by atomic mass is 10.1. The van der Waals surface area contributed by atoms with E-state index in [9.17, 15) is 13.2 Å². The predicted octanol–water partition coefficient (Wildman–Crippen LogP) is 1.29. The van der Waals surface area contributed by atoms with Gasteiger partial charge in [0.25, 0.3) is 5.91 Å². The standard InChI is InChI=1S/C25H24N8O3S/c1-25(8-9-25)30-37(35,36)20-5-6-22-21(11-20)23(34)32(15-17-12-29-31(2)14-17)24-27-13-19(33(22)24)4-3-18-7-10-26-16-28-18/h5-7,10-12,14,16,19,30H,8-9,13,15H2,1-2H3. The molecule has 1 saturated carbocycles. The van der Waals surface area contributed by atoms with Crippen LogP contribution in [0.25, 0.3) is 0 Å². The number of fused-ring (bicyclic) bond motifs is 3. The summed E-state index contributed by atoms with van der Waals surface area (Å²) in [5.74, 6) is 6.42. The lowest BCUT2D eigenvalue weighted by Gasteiger charge is -2.37. The van der Waals surface area contributed by atoms with Gasteiger partial charge in [0, 0.05) is 30.5 Å². The smallest absolute Gasteiger partial charge is 0.263 e. The number of carbonyl (C=O) groups excluding carboxylic acids is 1. The highest BCUT2D eigenvalue weighted by molar-refractivity contribution is 7.89. The molecule has 1 amide bonds. The van der Waals surface area contributed by atoms with Crippen LogP contribution in [0.3, 0.4) is 0 Å². The summed E-state index contributed by atoms with van der Waals surface area (Å²) in [6.07, 6.45) is 8.15. The van der Waals surface area contributed by atoms with Crippen LogP contribution in [0, 0.1) is 11.8 Å². The molecule has 1 N–H and O–H groups in total. The van der Waals surface area contributed by atoms with Crippen LogP contribution in [0.1, 0.15) is 41.4 Å². The molecule has 188 valence electrons. The summed E-state index contributed by atoms with van der Waals surface area (Å²) >= 11 is 0. The number of carbonyl (C=O) groups is 1. The fourth-order valence-electron chi connectivity index (χ4n) is 4.44. The van der Waals surface area contributed by atoms with Crippen molar-refractivity contribution in [3.63, 3.8) is 0 Å². The van der Waals surface area contributed by atoms with Gasteiger partial charge in [-0.2, -0.15) is 5.10 Å². The number of sulfonamides is 1. The average molecular weight is 517 g/mol. The maximum atomic E-state index is 13.8. The van der Waals surface area contributed by atoms with Crippen molar-refractivity contribution < 1.29 is 13.2 Å². The highest BCUT2D eigenvalue weighted by Gasteiger charge is 2.44. The number of aryl methyl sites for hydroxylation is 1. The number of nitrogens with one attached hydrogen (secondary N) is 1. The molecule has 12 heteroatoms. The maximum Gasteiger partial charge on any atom is 0.263 e. The topological polar surface area (TPSA) is 126 Å². The van der Waals surface area contributed by atoms with Crippen molar-refractivity contribution in [1.82, 2.24) is 29.4 Å². The third-order valence-electron chi connectivity index (χ3n) is 6.62. The van der Waals surface area contributed by atoms with Gasteiger partial charge in [-0.3, -0.25) is 19.3 Å². The van der Waals surface area contributed by atoms with E-state index in [1.54, 1.807) is 41.2 Å². The molecule has 4 heterocycles. The van der Waals surface area contributed by atoms with Gasteiger partial charge < -0.3 is 0 Å². The van der Waals surface area contributed by atoms with Crippen LogP contribution in [0.2, 0.25) is 0 Å². The normalized spacial score (nSPS) is 19.6. The number of hydrogen-bond acceptors (Lipinski definition) is 8. The number of benzene rings is 1. The van der Waals surface area contributed by atoms with Crippen LogP contribution in [0.15, 0.2) is 59.1 Å². The van der Waals surface area contributed by atoms with Gasteiger partial charge in [-0.05, 0) is 50.0 Å². The van der Waals surface area contributed by atoms with Crippen molar-refractivity contribution in [3.05, 3.63) is 66.0 Å². The molecule has 1 aromatic carbocycles. The lowest BCUT2D eigenvalue weighted by molar-refractivity contribution is 0.0833. The fraction of sp³-hybridized carbons (Fsp3) is 0.320. The summed E-state index contributed by atoms with van der Waals surface area (Å²) in [7, 11) is -1.99. The van der Waals surface area contributed by atoms with E-state index >= 15 is 0 Å². The van der Waals surface area contributed by atoms with Crippen LogP contribution in [0.5, 0.6) is 0 Å². The fourth-order valence-corrected chi connectivity index (χ4v) is 5.93. The highest BCUT2D eigenvalue weighted by atomic mass is 32.2. The molecule has 3 aliphatic rings. The average Bonchev–Trinajstić information content (AvgIpc) is 3.25. The summed E-state index contributed by atoms with van der Waals surface area (Å²) in [5, 5.41) is 4.20. The molecule has 2 aliphatic heterocycles. The van der Waals surface area contributed by atoms with Gasteiger partial charge in [0.15, 0.2) is 0 Å². The van der Waals surface area contributed by atoms with Crippen LogP contribution in [-0.2, 0) is 23.6 Å². The minimum absolute atomic E-state index is 0.0530. The first-order valence-electron chi connectivity index (χ1n) is 11.8. The van der Waals surface area contributed by atoms with E-state index in [4.69, 9.17) is 0 Å². The second-order valence-corrected chi connectivity index (χ2v) is 11.3. The largest absolute Gasteiger partial charge is 0.295 e. The van der Waals surface area contributed by atoms with Gasteiger partial charge in [0.05, 0.1) is 35.4 Å². The zero-order chi connectivity index (χ0) is 25.8. The first kappa shape index (κ1) is 23.3. The lowest BCUT2D eigenvalue weighted by Crippen LogP contribution is -2.52. The van der Waals surface area contributed by atoms with Crippen molar-refractivity contribution in [2.45, 2.75) is 42.8 Å². The molecule has 0 spiro atoms. The van der Waals surface area contributed by atoms with E-state index in [0.29, 0.717) is 23.9 Å². The van der Waals surface area contributed by atoms with E-state index < -0.39 is 15.6 Å². The second-order valence-electron chi connectivity index (χ2n) is 9.65. The molecular formula is C25H24N8O3S. The second kappa shape index (κ2) is 8.50. The zero-order valence-electron chi connectivity index (χ0n) is 20.3. The van der Waals surface area contributed by atoms with Crippen LogP contribution in [0.4, 0.5) is 5.69 Å². The van der Waals surface area contributed by atoms with Gasteiger partial charge in [-0.25, -0.2) is 28.1 Å². The number of rotatable bonds is 5. The Morgan fingerprint density at radius 3 is 2.78 bits per heavy atom. The SMILES string of the molecule is Cn1cc(CN2C(=O)c3cc(S(=O)(=O)NC4(C)CC4)ccc3N3C2=NCC3C#Cc2ccncn2)cn1. The number of aromatic nitrogens is 4. The van der Waals surface area contributed by atoms with Crippen molar-refractivity contribution in [1.29, 1.82) is 0 Å². The van der Waals surface area contributed by atoms with Gasteiger partial charge in [0.1, 0.15) is 18.1 Å². The third kappa shape index (κ3) is 4.36. The third-order valence-corrected chi connectivity index (χ3v) is 8.25. The highest BCUT2D eigenvalue weighted by Crippen LogP contribution is 2.38. The first-order valence-corrected chi connectivity index (χ1v) is 13.3. The molecular weight excluding hydrogens is 492 g/mol. The van der Waals surface area contributed by atoms with E-state index in [0.717, 1.165) is 18.4 Å². The molecule has 1 aliphatic carbocycles. The van der Waals surface area contributed by atoms with Gasteiger partial charge in [-0.1, -0.05) is 5.92 Å². The molecule has 2 aromatic heterocycles. The summed E-state index contributed by atoms with van der Waals surface area (Å²) in [5.41, 5.74) is 1.82. The van der Waals surface area contributed by atoms with Crippen LogP contribution in [-0.4, -0.2) is 63.1 Å². The number of guanidine groups is 1. The Hall–Kier alpha value is -4.08. The number of aliphatic imine (C=N–C) groups is 1. The summed E-state index contributed by atoms with van der Waals surface area (Å²) in [4.78, 5) is 30.0. The van der Waals surface area contributed by atoms with E-state index in [2.05, 4.69) is 36.6 Å². The summed E-state index contributed by atoms with van der Waals surface area (Å²) in [6.45, 7) is 2.46. The van der Waals surface area contributed by atoms with Gasteiger partial charge in [0.2, 0.25) is 16.0 Å². The Morgan fingerprint density at radius 2 is 2.08 bits per heavy atom. The van der Waals surface area contributed by atoms with Crippen molar-refractivity contribution >= 4 is 27.6 Å². The molecule has 37 heavy (non-hydrogen) atoms. The molecule has 0 saturated heterocycles. The summed E-state index contributed by atoms with van der Waals surface area (Å²) < 4.78 is 30.6. The van der Waals surface area contributed by atoms with E-state index in [1.807, 2.05) is 18.0 Å². The Labute approximate surface area is 214 Å². The van der Waals surface area contributed by atoms with Gasteiger partial charge in [-0.15, -0.1) is 0 Å². The van der Waals surface area contributed by atoms with E-state index in [-0.39, 0.29) is 29.0 Å². The Bertz CT molecular complexity index is 1600. The van der Waals surface area contributed by atoms with Crippen molar-refractivity contribution in [3.8, 4) is 11.8 Å². The molecule has 0 radical (unpaired) electrons. The quantitative estimate of drug-likeness (QED) is 0.507. The predicted molar refractivity (Wildman–Crippen MR) is 135 cm³/mol. The Balaban J connectivity index is 1.41. The number of nitrogens with zero attached hydrogens (tertiary/aromatic N) is 7. The van der Waals surface area contributed by atoms with Crippen LogP contribution >= 0.6 is 0 Å². The molecule has 3 aromatic rings. The maximum absolute atomic E-state index is 13.8.